The van der Waals surface area contributed by atoms with Crippen molar-refractivity contribution in [3.63, 3.8) is 0 Å². The van der Waals surface area contributed by atoms with Crippen molar-refractivity contribution in [3.05, 3.63) is 60.0 Å². The van der Waals surface area contributed by atoms with Crippen LogP contribution < -0.4 is 4.74 Å². The molecule has 27 heavy (non-hydrogen) atoms. The summed E-state index contributed by atoms with van der Waals surface area (Å²) in [5, 5.41) is 1.09. The molecule has 0 unspecified atom stereocenters. The highest BCUT2D eigenvalue weighted by atomic mass is 16.5. The standard InChI is InChI=1S/C21H22N2O4/c1-25-20-18(3-2-7-22-20)21(24)23-8-10-26-14-16(13-23)11-15-4-5-17-6-9-27-19(17)12-15/h2-7,9,12,16H,8,10-11,13-14H2,1H3/t16-/m0/s1. The Morgan fingerprint density at radius 2 is 2.26 bits per heavy atom. The highest BCUT2D eigenvalue weighted by molar-refractivity contribution is 5.96. The van der Waals surface area contributed by atoms with E-state index in [1.807, 2.05) is 11.0 Å². The third kappa shape index (κ3) is 3.80. The van der Waals surface area contributed by atoms with Crippen molar-refractivity contribution in [3.8, 4) is 5.88 Å². The number of carbonyl (C=O) groups is 1. The maximum absolute atomic E-state index is 13.0. The molecule has 1 aliphatic heterocycles. The van der Waals surface area contributed by atoms with Gasteiger partial charge in [-0.15, -0.1) is 0 Å². The van der Waals surface area contributed by atoms with E-state index in [0.717, 1.165) is 17.4 Å². The molecule has 0 spiro atoms. The summed E-state index contributed by atoms with van der Waals surface area (Å²) in [6.07, 6.45) is 4.14. The predicted octanol–water partition coefficient (Wildman–Crippen LogP) is 3.17. The van der Waals surface area contributed by atoms with Crippen molar-refractivity contribution in [2.75, 3.05) is 33.4 Å². The lowest BCUT2D eigenvalue weighted by Gasteiger charge is -2.24. The van der Waals surface area contributed by atoms with Gasteiger partial charge in [0.1, 0.15) is 11.1 Å². The second kappa shape index (κ2) is 7.80. The Hall–Kier alpha value is -2.86. The van der Waals surface area contributed by atoms with Crippen molar-refractivity contribution in [2.24, 2.45) is 5.92 Å². The molecule has 140 valence electrons. The summed E-state index contributed by atoms with van der Waals surface area (Å²) in [5.41, 5.74) is 2.55. The van der Waals surface area contributed by atoms with Gasteiger partial charge < -0.3 is 18.8 Å². The number of rotatable bonds is 4. The molecule has 6 nitrogen and oxygen atoms in total. The molecule has 0 bridgehead atoms. The van der Waals surface area contributed by atoms with E-state index in [9.17, 15) is 4.79 Å². The number of benzene rings is 1. The molecular formula is C21H22N2O4. The van der Waals surface area contributed by atoms with Crippen LogP contribution in [0.3, 0.4) is 0 Å². The SMILES string of the molecule is COc1ncccc1C(=O)N1CCOC[C@@H](Cc2ccc3ccoc3c2)C1. The molecule has 0 radical (unpaired) electrons. The van der Waals surface area contributed by atoms with Gasteiger partial charge in [0.25, 0.3) is 5.91 Å². The third-order valence-corrected chi connectivity index (χ3v) is 4.86. The number of pyridine rings is 1. The number of amides is 1. The Labute approximate surface area is 157 Å². The van der Waals surface area contributed by atoms with Crippen LogP contribution in [-0.2, 0) is 11.2 Å². The quantitative estimate of drug-likeness (QED) is 0.710. The molecule has 3 aromatic rings. The highest BCUT2D eigenvalue weighted by Crippen LogP contribution is 2.22. The van der Waals surface area contributed by atoms with Crippen molar-refractivity contribution < 1.29 is 18.7 Å². The molecule has 1 atom stereocenters. The average molecular weight is 366 g/mol. The summed E-state index contributed by atoms with van der Waals surface area (Å²) in [5.74, 6) is 0.496. The first kappa shape index (κ1) is 17.5. The fourth-order valence-electron chi connectivity index (χ4n) is 3.53. The van der Waals surface area contributed by atoms with E-state index in [2.05, 4.69) is 23.2 Å². The zero-order valence-corrected chi connectivity index (χ0v) is 15.3. The van der Waals surface area contributed by atoms with Gasteiger partial charge in [0.2, 0.25) is 5.88 Å². The number of hydrogen-bond donors (Lipinski definition) is 0. The number of furan rings is 1. The van der Waals surface area contributed by atoms with Gasteiger partial charge in [0, 0.05) is 30.6 Å². The summed E-state index contributed by atoms with van der Waals surface area (Å²) in [7, 11) is 1.53. The van der Waals surface area contributed by atoms with E-state index in [4.69, 9.17) is 13.9 Å². The van der Waals surface area contributed by atoms with Crippen molar-refractivity contribution in [2.45, 2.75) is 6.42 Å². The molecule has 0 aliphatic carbocycles. The highest BCUT2D eigenvalue weighted by Gasteiger charge is 2.26. The fraction of sp³-hybridized carbons (Fsp3) is 0.333. The number of carbonyl (C=O) groups excluding carboxylic acids is 1. The van der Waals surface area contributed by atoms with Crippen LogP contribution in [0.15, 0.2) is 53.3 Å². The monoisotopic (exact) mass is 366 g/mol. The number of hydrogen-bond acceptors (Lipinski definition) is 5. The van der Waals surface area contributed by atoms with E-state index in [-0.39, 0.29) is 11.8 Å². The molecule has 6 heteroatoms. The van der Waals surface area contributed by atoms with Crippen LogP contribution in [0.5, 0.6) is 5.88 Å². The molecule has 1 fully saturated rings. The molecule has 1 amide bonds. The average Bonchev–Trinajstić information content (AvgIpc) is 3.05. The Morgan fingerprint density at radius 1 is 1.33 bits per heavy atom. The minimum atomic E-state index is -0.0723. The van der Waals surface area contributed by atoms with Crippen LogP contribution in [-0.4, -0.2) is 49.2 Å². The van der Waals surface area contributed by atoms with Crippen LogP contribution in [0, 0.1) is 5.92 Å². The lowest BCUT2D eigenvalue weighted by atomic mass is 9.98. The molecular weight excluding hydrogens is 344 g/mol. The van der Waals surface area contributed by atoms with Crippen LogP contribution >= 0.6 is 0 Å². The molecule has 3 heterocycles. The molecule has 1 aromatic carbocycles. The molecule has 0 N–H and O–H groups in total. The van der Waals surface area contributed by atoms with Crippen LogP contribution in [0.1, 0.15) is 15.9 Å². The number of nitrogens with zero attached hydrogens (tertiary/aromatic N) is 2. The van der Waals surface area contributed by atoms with Crippen LogP contribution in [0.4, 0.5) is 0 Å². The van der Waals surface area contributed by atoms with Gasteiger partial charge in [-0.1, -0.05) is 12.1 Å². The van der Waals surface area contributed by atoms with Crippen LogP contribution in [0.2, 0.25) is 0 Å². The first-order chi connectivity index (χ1) is 13.2. The number of ether oxygens (including phenoxy) is 2. The van der Waals surface area contributed by atoms with Gasteiger partial charge in [-0.25, -0.2) is 4.98 Å². The maximum atomic E-state index is 13.0. The van der Waals surface area contributed by atoms with Gasteiger partial charge in [0.15, 0.2) is 0 Å². The van der Waals surface area contributed by atoms with E-state index in [0.29, 0.717) is 37.7 Å². The van der Waals surface area contributed by atoms with Crippen molar-refractivity contribution in [1.82, 2.24) is 9.88 Å². The van der Waals surface area contributed by atoms with Crippen molar-refractivity contribution >= 4 is 16.9 Å². The lowest BCUT2D eigenvalue weighted by molar-refractivity contribution is 0.0733. The third-order valence-electron chi connectivity index (χ3n) is 4.86. The smallest absolute Gasteiger partial charge is 0.259 e. The maximum Gasteiger partial charge on any atom is 0.259 e. The largest absolute Gasteiger partial charge is 0.480 e. The second-order valence-electron chi connectivity index (χ2n) is 6.75. The number of aromatic nitrogens is 1. The van der Waals surface area contributed by atoms with Gasteiger partial charge in [-0.05, 0) is 36.2 Å². The van der Waals surface area contributed by atoms with E-state index >= 15 is 0 Å². The zero-order valence-electron chi connectivity index (χ0n) is 15.3. The van der Waals surface area contributed by atoms with Crippen molar-refractivity contribution in [1.29, 1.82) is 0 Å². The van der Waals surface area contributed by atoms with Gasteiger partial charge in [-0.3, -0.25) is 4.79 Å². The fourth-order valence-corrected chi connectivity index (χ4v) is 3.53. The summed E-state index contributed by atoms with van der Waals surface area (Å²) >= 11 is 0. The Balaban J connectivity index is 1.50. The van der Waals surface area contributed by atoms with Gasteiger partial charge in [0.05, 0.1) is 26.6 Å². The number of fused-ring (bicyclic) bond motifs is 1. The molecule has 4 rings (SSSR count). The summed E-state index contributed by atoms with van der Waals surface area (Å²) in [6.45, 7) is 2.35. The van der Waals surface area contributed by atoms with Gasteiger partial charge >= 0.3 is 0 Å². The predicted molar refractivity (Wildman–Crippen MR) is 101 cm³/mol. The summed E-state index contributed by atoms with van der Waals surface area (Å²) < 4.78 is 16.5. The zero-order chi connectivity index (χ0) is 18.6. The Kier molecular flexibility index (Phi) is 5.07. The summed E-state index contributed by atoms with van der Waals surface area (Å²) in [6, 6.07) is 11.7. The normalized spacial score (nSPS) is 17.7. The van der Waals surface area contributed by atoms with E-state index < -0.39 is 0 Å². The first-order valence-corrected chi connectivity index (χ1v) is 9.07. The molecule has 1 aliphatic rings. The topological polar surface area (TPSA) is 64.8 Å². The first-order valence-electron chi connectivity index (χ1n) is 9.07. The minimum absolute atomic E-state index is 0.0723. The number of methoxy groups -OCH3 is 1. The van der Waals surface area contributed by atoms with E-state index in [1.165, 1.54) is 12.7 Å². The second-order valence-corrected chi connectivity index (χ2v) is 6.75. The Morgan fingerprint density at radius 3 is 3.15 bits per heavy atom. The van der Waals surface area contributed by atoms with E-state index in [1.54, 1.807) is 24.6 Å². The van der Waals surface area contributed by atoms with Crippen LogP contribution in [0.25, 0.3) is 11.0 Å². The molecule has 0 saturated carbocycles. The summed E-state index contributed by atoms with van der Waals surface area (Å²) in [4.78, 5) is 19.0. The molecule has 1 saturated heterocycles. The lowest BCUT2D eigenvalue weighted by Crippen LogP contribution is -2.36. The Bertz CT molecular complexity index is 937. The minimum Gasteiger partial charge on any atom is -0.480 e. The van der Waals surface area contributed by atoms with Gasteiger partial charge in [-0.2, -0.15) is 0 Å². The molecule has 2 aromatic heterocycles.